The molecule has 0 fully saturated rings. The summed E-state index contributed by atoms with van der Waals surface area (Å²) >= 11 is 1.78. The quantitative estimate of drug-likeness (QED) is 0.929. The molecule has 0 spiro atoms. The Hall–Kier alpha value is -1.26. The highest BCUT2D eigenvalue weighted by atomic mass is 32.1. The number of rotatable bonds is 4. The van der Waals surface area contributed by atoms with E-state index in [-0.39, 0.29) is 5.41 Å². The van der Waals surface area contributed by atoms with Gasteiger partial charge in [-0.2, -0.15) is 0 Å². The molecule has 0 aliphatic heterocycles. The Morgan fingerprint density at radius 2 is 2.00 bits per heavy atom. The molecule has 0 aromatic carbocycles. The Labute approximate surface area is 119 Å². The molecule has 0 aliphatic carbocycles. The van der Waals surface area contributed by atoms with Crippen LogP contribution in [0.3, 0.4) is 0 Å². The SMILES string of the molecule is Cc1cccc(CNCc2cnc(C(C)(C)C)s2)n1. The van der Waals surface area contributed by atoms with Gasteiger partial charge in [0, 0.05) is 35.3 Å². The van der Waals surface area contributed by atoms with Crippen molar-refractivity contribution in [2.45, 2.75) is 46.2 Å². The zero-order valence-corrected chi connectivity index (χ0v) is 12.8. The summed E-state index contributed by atoms with van der Waals surface area (Å²) in [6.07, 6.45) is 1.97. The van der Waals surface area contributed by atoms with Gasteiger partial charge in [-0.05, 0) is 19.1 Å². The Morgan fingerprint density at radius 1 is 1.21 bits per heavy atom. The summed E-state index contributed by atoms with van der Waals surface area (Å²) in [5.74, 6) is 0. The summed E-state index contributed by atoms with van der Waals surface area (Å²) in [5.41, 5.74) is 2.29. The van der Waals surface area contributed by atoms with Crippen LogP contribution in [0.5, 0.6) is 0 Å². The molecule has 0 aliphatic rings. The first kappa shape index (κ1) is 14.2. The molecule has 0 saturated carbocycles. The van der Waals surface area contributed by atoms with Crippen molar-refractivity contribution in [1.82, 2.24) is 15.3 Å². The molecule has 2 rings (SSSR count). The zero-order chi connectivity index (χ0) is 13.9. The lowest BCUT2D eigenvalue weighted by atomic mass is 9.98. The van der Waals surface area contributed by atoms with E-state index >= 15 is 0 Å². The fourth-order valence-electron chi connectivity index (χ4n) is 1.75. The van der Waals surface area contributed by atoms with Crippen LogP contribution >= 0.6 is 11.3 Å². The van der Waals surface area contributed by atoms with Crippen molar-refractivity contribution < 1.29 is 0 Å². The van der Waals surface area contributed by atoms with Gasteiger partial charge >= 0.3 is 0 Å². The first-order chi connectivity index (χ1) is 8.95. The average molecular weight is 275 g/mol. The molecule has 2 aromatic rings. The van der Waals surface area contributed by atoms with Crippen LogP contribution in [-0.2, 0) is 18.5 Å². The molecule has 0 amide bonds. The molecular weight excluding hydrogens is 254 g/mol. The van der Waals surface area contributed by atoms with Crippen LogP contribution in [0.1, 0.15) is 42.0 Å². The summed E-state index contributed by atoms with van der Waals surface area (Å²) in [6.45, 7) is 10.2. The van der Waals surface area contributed by atoms with E-state index in [9.17, 15) is 0 Å². The largest absolute Gasteiger partial charge is 0.306 e. The summed E-state index contributed by atoms with van der Waals surface area (Å²) in [7, 11) is 0. The maximum Gasteiger partial charge on any atom is 0.0981 e. The van der Waals surface area contributed by atoms with Crippen LogP contribution in [0.2, 0.25) is 0 Å². The van der Waals surface area contributed by atoms with Crippen LogP contribution in [0.25, 0.3) is 0 Å². The fourth-order valence-corrected chi connectivity index (χ4v) is 2.69. The van der Waals surface area contributed by atoms with Crippen LogP contribution in [0, 0.1) is 6.92 Å². The Bertz CT molecular complexity index is 540. The predicted octanol–water partition coefficient (Wildman–Crippen LogP) is 3.43. The van der Waals surface area contributed by atoms with E-state index in [0.717, 1.165) is 24.5 Å². The van der Waals surface area contributed by atoms with Crippen molar-refractivity contribution in [3.05, 3.63) is 45.7 Å². The molecule has 2 aromatic heterocycles. The van der Waals surface area contributed by atoms with E-state index < -0.39 is 0 Å². The average Bonchev–Trinajstić information content (AvgIpc) is 2.77. The summed E-state index contributed by atoms with van der Waals surface area (Å²) in [5, 5.41) is 4.61. The standard InChI is InChI=1S/C15H21N3S/c1-11-6-5-7-12(18-11)8-16-9-13-10-17-14(19-13)15(2,3)4/h5-7,10,16H,8-9H2,1-4H3. The van der Waals surface area contributed by atoms with Gasteiger partial charge in [-0.15, -0.1) is 11.3 Å². The molecule has 4 heteroatoms. The third kappa shape index (κ3) is 4.11. The number of nitrogens with one attached hydrogen (secondary N) is 1. The van der Waals surface area contributed by atoms with Crippen molar-refractivity contribution in [2.24, 2.45) is 0 Å². The minimum absolute atomic E-state index is 0.140. The number of nitrogens with zero attached hydrogens (tertiary/aromatic N) is 2. The summed E-state index contributed by atoms with van der Waals surface area (Å²) in [6, 6.07) is 6.11. The number of hydrogen-bond acceptors (Lipinski definition) is 4. The van der Waals surface area contributed by atoms with E-state index in [2.05, 4.69) is 36.1 Å². The second-order valence-electron chi connectivity index (χ2n) is 5.76. The Kier molecular flexibility index (Phi) is 4.32. The van der Waals surface area contributed by atoms with Crippen molar-refractivity contribution >= 4 is 11.3 Å². The van der Waals surface area contributed by atoms with Crippen molar-refractivity contribution in [3.63, 3.8) is 0 Å². The third-order valence-corrected chi connectivity index (χ3v) is 4.17. The number of thiazole rings is 1. The van der Waals surface area contributed by atoms with Gasteiger partial charge < -0.3 is 5.32 Å². The molecule has 0 bridgehead atoms. The zero-order valence-electron chi connectivity index (χ0n) is 12.0. The normalized spacial score (nSPS) is 11.8. The molecule has 2 heterocycles. The number of pyridine rings is 1. The van der Waals surface area contributed by atoms with Crippen molar-refractivity contribution in [2.75, 3.05) is 0 Å². The predicted molar refractivity (Wildman–Crippen MR) is 80.3 cm³/mol. The number of aryl methyl sites for hydroxylation is 1. The molecule has 102 valence electrons. The molecule has 0 atom stereocenters. The highest BCUT2D eigenvalue weighted by molar-refractivity contribution is 7.11. The van der Waals surface area contributed by atoms with E-state index in [1.165, 1.54) is 9.88 Å². The molecule has 19 heavy (non-hydrogen) atoms. The second-order valence-corrected chi connectivity index (χ2v) is 6.87. The lowest BCUT2D eigenvalue weighted by molar-refractivity contribution is 0.585. The van der Waals surface area contributed by atoms with Crippen LogP contribution in [-0.4, -0.2) is 9.97 Å². The monoisotopic (exact) mass is 275 g/mol. The molecule has 0 saturated heterocycles. The van der Waals surface area contributed by atoms with E-state index in [1.54, 1.807) is 11.3 Å². The van der Waals surface area contributed by atoms with Gasteiger partial charge in [0.1, 0.15) is 0 Å². The fraction of sp³-hybridized carbons (Fsp3) is 0.467. The van der Waals surface area contributed by atoms with Crippen molar-refractivity contribution in [3.8, 4) is 0 Å². The van der Waals surface area contributed by atoms with Crippen molar-refractivity contribution in [1.29, 1.82) is 0 Å². The van der Waals surface area contributed by atoms with E-state index in [4.69, 9.17) is 0 Å². The van der Waals surface area contributed by atoms with Gasteiger partial charge in [0.15, 0.2) is 0 Å². The van der Waals surface area contributed by atoms with Gasteiger partial charge in [-0.1, -0.05) is 26.8 Å². The molecule has 0 unspecified atom stereocenters. The minimum atomic E-state index is 0.140. The molecular formula is C15H21N3S. The highest BCUT2D eigenvalue weighted by Gasteiger charge is 2.17. The molecule has 1 N–H and O–H groups in total. The molecule has 3 nitrogen and oxygen atoms in total. The van der Waals surface area contributed by atoms with Gasteiger partial charge in [-0.3, -0.25) is 4.98 Å². The highest BCUT2D eigenvalue weighted by Crippen LogP contribution is 2.26. The number of hydrogen-bond donors (Lipinski definition) is 1. The van der Waals surface area contributed by atoms with Gasteiger partial charge in [0.05, 0.1) is 10.7 Å². The number of aromatic nitrogens is 2. The summed E-state index contributed by atoms with van der Waals surface area (Å²) in [4.78, 5) is 10.2. The first-order valence-electron chi connectivity index (χ1n) is 6.53. The maximum atomic E-state index is 4.49. The van der Waals surface area contributed by atoms with Crippen LogP contribution in [0.15, 0.2) is 24.4 Å². The van der Waals surface area contributed by atoms with Gasteiger partial charge in [-0.25, -0.2) is 4.98 Å². The maximum absolute atomic E-state index is 4.49. The molecule has 0 radical (unpaired) electrons. The van der Waals surface area contributed by atoms with Gasteiger partial charge in [0.2, 0.25) is 0 Å². The van der Waals surface area contributed by atoms with E-state index in [0.29, 0.717) is 0 Å². The van der Waals surface area contributed by atoms with Crippen LogP contribution in [0.4, 0.5) is 0 Å². The Balaban J connectivity index is 1.88. The Morgan fingerprint density at radius 3 is 2.63 bits per heavy atom. The van der Waals surface area contributed by atoms with E-state index in [1.807, 2.05) is 31.3 Å². The minimum Gasteiger partial charge on any atom is -0.306 e. The lowest BCUT2D eigenvalue weighted by Gasteiger charge is -2.13. The van der Waals surface area contributed by atoms with Gasteiger partial charge in [0.25, 0.3) is 0 Å². The summed E-state index contributed by atoms with van der Waals surface area (Å²) < 4.78 is 0. The smallest absolute Gasteiger partial charge is 0.0981 e. The van der Waals surface area contributed by atoms with Crippen LogP contribution < -0.4 is 5.32 Å². The topological polar surface area (TPSA) is 37.8 Å². The first-order valence-corrected chi connectivity index (χ1v) is 7.35. The lowest BCUT2D eigenvalue weighted by Crippen LogP contribution is -2.13. The second kappa shape index (κ2) is 5.80. The third-order valence-electron chi connectivity index (χ3n) is 2.75.